The van der Waals surface area contributed by atoms with E-state index in [1.54, 1.807) is 0 Å². The molecule has 0 heterocycles. The summed E-state index contributed by atoms with van der Waals surface area (Å²) in [5.74, 6) is 0.0611. The second-order valence-corrected chi connectivity index (χ2v) is 7.62. The van der Waals surface area contributed by atoms with E-state index in [0.717, 1.165) is 25.7 Å². The summed E-state index contributed by atoms with van der Waals surface area (Å²) in [5.41, 5.74) is 0.211. The van der Waals surface area contributed by atoms with E-state index in [0.29, 0.717) is 12.1 Å². The monoisotopic (exact) mass is 346 g/mol. The van der Waals surface area contributed by atoms with Gasteiger partial charge in [0.25, 0.3) is 5.91 Å². The summed E-state index contributed by atoms with van der Waals surface area (Å²) in [7, 11) is 0. The number of benzene rings is 1. The van der Waals surface area contributed by atoms with Crippen LogP contribution in [0.15, 0.2) is 30.3 Å². The molecule has 1 aromatic carbocycles. The molecule has 5 nitrogen and oxygen atoms in total. The third kappa shape index (κ3) is 5.76. The summed E-state index contributed by atoms with van der Waals surface area (Å²) in [6, 6.07) is 9.57. The first kappa shape index (κ1) is 19.3. The van der Waals surface area contributed by atoms with Crippen LogP contribution in [0.25, 0.3) is 0 Å². The molecule has 0 bridgehead atoms. The second kappa shape index (κ2) is 8.37. The first-order valence-corrected chi connectivity index (χ1v) is 9.15. The Morgan fingerprint density at radius 2 is 1.88 bits per heavy atom. The lowest BCUT2D eigenvalue weighted by atomic mass is 9.89. The first-order chi connectivity index (χ1) is 11.8. The van der Waals surface area contributed by atoms with Gasteiger partial charge in [-0.25, -0.2) is 4.79 Å². The highest BCUT2D eigenvalue weighted by molar-refractivity contribution is 5.94. The standard InChI is InChI=1S/C20H30N2O3/c1-5-22(18(23)15-10-7-6-8-11-15)17-13-9-12-16(14-17)21-19(24)25-20(2,3)4/h6-8,10-11,16-17H,5,9,12-14H2,1-4H3,(H,21,24). The number of nitrogens with one attached hydrogen (secondary N) is 1. The molecular weight excluding hydrogens is 316 g/mol. The van der Waals surface area contributed by atoms with Crippen molar-refractivity contribution in [3.8, 4) is 0 Å². The van der Waals surface area contributed by atoms with Gasteiger partial charge in [0.2, 0.25) is 0 Å². The molecule has 1 N–H and O–H groups in total. The normalized spacial score (nSPS) is 20.6. The Labute approximate surface area is 150 Å². The van der Waals surface area contributed by atoms with Crippen molar-refractivity contribution in [1.82, 2.24) is 10.2 Å². The maximum Gasteiger partial charge on any atom is 0.407 e. The molecule has 0 spiro atoms. The first-order valence-electron chi connectivity index (χ1n) is 9.15. The molecule has 138 valence electrons. The van der Waals surface area contributed by atoms with Crippen molar-refractivity contribution in [3.63, 3.8) is 0 Å². The van der Waals surface area contributed by atoms with E-state index in [1.165, 1.54) is 0 Å². The number of ether oxygens (including phenoxy) is 1. The molecule has 0 radical (unpaired) electrons. The Morgan fingerprint density at radius 1 is 1.20 bits per heavy atom. The lowest BCUT2D eigenvalue weighted by molar-refractivity contribution is 0.0461. The molecule has 2 rings (SSSR count). The van der Waals surface area contributed by atoms with E-state index in [4.69, 9.17) is 4.74 Å². The summed E-state index contributed by atoms with van der Waals surface area (Å²) in [4.78, 5) is 26.7. The van der Waals surface area contributed by atoms with Gasteiger partial charge in [0.1, 0.15) is 5.60 Å². The van der Waals surface area contributed by atoms with Crippen LogP contribution in [-0.2, 0) is 4.74 Å². The van der Waals surface area contributed by atoms with Crippen molar-refractivity contribution in [3.05, 3.63) is 35.9 Å². The van der Waals surface area contributed by atoms with Gasteiger partial charge in [-0.2, -0.15) is 0 Å². The minimum absolute atomic E-state index is 0.0474. The largest absolute Gasteiger partial charge is 0.444 e. The topological polar surface area (TPSA) is 58.6 Å². The van der Waals surface area contributed by atoms with Crippen LogP contribution in [0.4, 0.5) is 4.79 Å². The molecule has 2 amide bonds. The number of hydrogen-bond acceptors (Lipinski definition) is 3. The van der Waals surface area contributed by atoms with E-state index in [9.17, 15) is 9.59 Å². The highest BCUT2D eigenvalue weighted by Crippen LogP contribution is 2.25. The van der Waals surface area contributed by atoms with E-state index < -0.39 is 5.60 Å². The molecule has 0 saturated heterocycles. The van der Waals surface area contributed by atoms with Crippen molar-refractivity contribution in [1.29, 1.82) is 0 Å². The average Bonchev–Trinajstić information content (AvgIpc) is 2.55. The smallest absolute Gasteiger partial charge is 0.407 e. The molecule has 1 fully saturated rings. The fourth-order valence-electron chi connectivity index (χ4n) is 3.37. The maximum absolute atomic E-state index is 12.8. The Morgan fingerprint density at radius 3 is 2.48 bits per heavy atom. The highest BCUT2D eigenvalue weighted by atomic mass is 16.6. The number of carbonyl (C=O) groups excluding carboxylic acids is 2. The van der Waals surface area contributed by atoms with Gasteiger partial charge in [0, 0.05) is 24.2 Å². The van der Waals surface area contributed by atoms with Crippen molar-refractivity contribution in [2.75, 3.05) is 6.54 Å². The van der Waals surface area contributed by atoms with Crippen LogP contribution in [0.2, 0.25) is 0 Å². The molecule has 2 atom stereocenters. The number of alkyl carbamates (subject to hydrolysis) is 1. The minimum atomic E-state index is -0.503. The van der Waals surface area contributed by atoms with Crippen molar-refractivity contribution in [2.24, 2.45) is 0 Å². The molecule has 0 aromatic heterocycles. The molecule has 2 unspecified atom stereocenters. The predicted octanol–water partition coefficient (Wildman–Crippen LogP) is 3.98. The van der Waals surface area contributed by atoms with Gasteiger partial charge in [-0.3, -0.25) is 4.79 Å². The Kier molecular flexibility index (Phi) is 6.45. The van der Waals surface area contributed by atoms with Gasteiger partial charge in [-0.1, -0.05) is 18.2 Å². The predicted molar refractivity (Wildman–Crippen MR) is 98.6 cm³/mol. The highest BCUT2D eigenvalue weighted by Gasteiger charge is 2.30. The molecule has 5 heteroatoms. The molecule has 1 aliphatic carbocycles. The molecule has 0 aliphatic heterocycles. The van der Waals surface area contributed by atoms with Gasteiger partial charge in [-0.05, 0) is 65.5 Å². The summed E-state index contributed by atoms with van der Waals surface area (Å²) in [6.45, 7) is 8.23. The average molecular weight is 346 g/mol. The SMILES string of the molecule is CCN(C(=O)c1ccccc1)C1CCCC(NC(=O)OC(C)(C)C)C1. The lowest BCUT2D eigenvalue weighted by Crippen LogP contribution is -2.48. The summed E-state index contributed by atoms with van der Waals surface area (Å²) in [6.07, 6.45) is 3.27. The number of rotatable bonds is 4. The number of amides is 2. The second-order valence-electron chi connectivity index (χ2n) is 7.62. The van der Waals surface area contributed by atoms with Crippen molar-refractivity contribution < 1.29 is 14.3 Å². The molecule has 25 heavy (non-hydrogen) atoms. The van der Waals surface area contributed by atoms with Crippen LogP contribution < -0.4 is 5.32 Å². The van der Waals surface area contributed by atoms with Gasteiger partial charge in [0.05, 0.1) is 0 Å². The van der Waals surface area contributed by atoms with Gasteiger partial charge >= 0.3 is 6.09 Å². The summed E-state index contributed by atoms with van der Waals surface area (Å²) >= 11 is 0. The van der Waals surface area contributed by atoms with Crippen molar-refractivity contribution >= 4 is 12.0 Å². The van der Waals surface area contributed by atoms with Crippen LogP contribution in [0.5, 0.6) is 0 Å². The van der Waals surface area contributed by atoms with E-state index in [-0.39, 0.29) is 24.1 Å². The summed E-state index contributed by atoms with van der Waals surface area (Å²) < 4.78 is 5.35. The number of nitrogens with zero attached hydrogens (tertiary/aromatic N) is 1. The fourth-order valence-corrected chi connectivity index (χ4v) is 3.37. The lowest BCUT2D eigenvalue weighted by Gasteiger charge is -2.37. The Balaban J connectivity index is 1.98. The van der Waals surface area contributed by atoms with Crippen LogP contribution in [0.3, 0.4) is 0 Å². The van der Waals surface area contributed by atoms with Gasteiger partial charge in [-0.15, -0.1) is 0 Å². The maximum atomic E-state index is 12.8. The van der Waals surface area contributed by atoms with Crippen molar-refractivity contribution in [2.45, 2.75) is 71.1 Å². The van der Waals surface area contributed by atoms with Gasteiger partial charge in [0.15, 0.2) is 0 Å². The summed E-state index contributed by atoms with van der Waals surface area (Å²) in [5, 5.41) is 2.96. The number of hydrogen-bond donors (Lipinski definition) is 1. The zero-order valence-corrected chi connectivity index (χ0v) is 15.7. The molecule has 1 aromatic rings. The minimum Gasteiger partial charge on any atom is -0.444 e. The quantitative estimate of drug-likeness (QED) is 0.897. The van der Waals surface area contributed by atoms with Crippen LogP contribution in [0, 0.1) is 0 Å². The zero-order chi connectivity index (χ0) is 18.4. The Bertz CT molecular complexity index is 580. The number of carbonyl (C=O) groups is 2. The van der Waals surface area contributed by atoms with Crippen LogP contribution in [-0.4, -0.2) is 41.1 Å². The molecular formula is C20H30N2O3. The zero-order valence-electron chi connectivity index (χ0n) is 15.7. The van der Waals surface area contributed by atoms with Gasteiger partial charge < -0.3 is 15.0 Å². The molecule has 1 saturated carbocycles. The van der Waals surface area contributed by atoms with E-state index >= 15 is 0 Å². The van der Waals surface area contributed by atoms with E-state index in [2.05, 4.69) is 5.32 Å². The fraction of sp³-hybridized carbons (Fsp3) is 0.600. The van der Waals surface area contributed by atoms with Crippen LogP contribution >= 0.6 is 0 Å². The third-order valence-electron chi connectivity index (χ3n) is 4.43. The van der Waals surface area contributed by atoms with E-state index in [1.807, 2.05) is 62.9 Å². The Hall–Kier alpha value is -2.04. The third-order valence-corrected chi connectivity index (χ3v) is 4.43. The molecule has 1 aliphatic rings. The van der Waals surface area contributed by atoms with Crippen LogP contribution in [0.1, 0.15) is 63.7 Å².